The molecular weight excluding hydrogens is 350 g/mol. The number of hydrogen-bond acceptors (Lipinski definition) is 5. The van der Waals surface area contributed by atoms with Crippen molar-refractivity contribution in [3.05, 3.63) is 51.5 Å². The van der Waals surface area contributed by atoms with E-state index in [-0.39, 0.29) is 18.0 Å². The van der Waals surface area contributed by atoms with Crippen molar-refractivity contribution >= 4 is 33.3 Å². The minimum absolute atomic E-state index is 0.0761. The van der Waals surface area contributed by atoms with Crippen LogP contribution in [0.1, 0.15) is 17.5 Å². The molecule has 0 saturated heterocycles. The van der Waals surface area contributed by atoms with E-state index >= 15 is 0 Å². The molecular formula is C18H20N5O2S+. The van der Waals surface area contributed by atoms with E-state index in [4.69, 9.17) is 0 Å². The lowest BCUT2D eigenvalue weighted by Gasteiger charge is -2.20. The highest BCUT2D eigenvalue weighted by Gasteiger charge is 2.23. The van der Waals surface area contributed by atoms with Crippen LogP contribution in [-0.2, 0) is 24.3 Å². The molecule has 2 N–H and O–H groups in total. The molecule has 1 aliphatic rings. The number of amides is 1. The maximum Gasteiger partial charge on any atom is 0.261 e. The molecule has 4 rings (SSSR count). The number of thiazole rings is 1. The maximum absolute atomic E-state index is 12.5. The van der Waals surface area contributed by atoms with Crippen molar-refractivity contribution in [2.24, 2.45) is 0 Å². The third kappa shape index (κ3) is 3.25. The first-order chi connectivity index (χ1) is 12.6. The summed E-state index contributed by atoms with van der Waals surface area (Å²) in [5, 5.41) is 3.95. The van der Waals surface area contributed by atoms with E-state index in [1.54, 1.807) is 18.2 Å². The molecule has 134 valence electrons. The van der Waals surface area contributed by atoms with Gasteiger partial charge in [-0.2, -0.15) is 0 Å². The number of aromatic nitrogens is 3. The van der Waals surface area contributed by atoms with Crippen molar-refractivity contribution in [1.29, 1.82) is 0 Å². The largest absolute Gasteiger partial charge is 0.330 e. The number of carbonyl (C=O) groups excluding carboxylic acids is 1. The third-order valence-electron chi connectivity index (χ3n) is 4.70. The van der Waals surface area contributed by atoms with Gasteiger partial charge < -0.3 is 10.2 Å². The Kier molecular flexibility index (Phi) is 4.52. The minimum atomic E-state index is -0.269. The zero-order valence-electron chi connectivity index (χ0n) is 14.5. The van der Waals surface area contributed by atoms with Gasteiger partial charge in [0.15, 0.2) is 5.13 Å². The highest BCUT2D eigenvalue weighted by molar-refractivity contribution is 7.15. The summed E-state index contributed by atoms with van der Waals surface area (Å²) in [5.74, 6) is -0.269. The van der Waals surface area contributed by atoms with Crippen LogP contribution in [0.15, 0.2) is 35.4 Å². The van der Waals surface area contributed by atoms with E-state index in [0.29, 0.717) is 16.0 Å². The zero-order chi connectivity index (χ0) is 18.1. The molecule has 3 heterocycles. The fraction of sp³-hybridized carbons (Fsp3) is 0.333. The number of anilines is 1. The van der Waals surface area contributed by atoms with Crippen molar-refractivity contribution in [2.75, 3.05) is 18.4 Å². The lowest BCUT2D eigenvalue weighted by Crippen LogP contribution is -3.11. The minimum Gasteiger partial charge on any atom is -0.330 e. The summed E-state index contributed by atoms with van der Waals surface area (Å²) < 4.78 is 1.33. The van der Waals surface area contributed by atoms with Crippen molar-refractivity contribution in [1.82, 2.24) is 14.5 Å². The van der Waals surface area contributed by atoms with E-state index < -0.39 is 0 Å². The van der Waals surface area contributed by atoms with Gasteiger partial charge in [-0.3, -0.25) is 14.2 Å². The van der Waals surface area contributed by atoms with Gasteiger partial charge in [0.2, 0.25) is 5.91 Å². The van der Waals surface area contributed by atoms with Crippen LogP contribution in [0.4, 0.5) is 5.13 Å². The fourth-order valence-corrected chi connectivity index (χ4v) is 4.31. The van der Waals surface area contributed by atoms with Crippen LogP contribution >= 0.6 is 11.3 Å². The molecule has 0 fully saturated rings. The number of nitrogens with zero attached hydrogens (tertiary/aromatic N) is 3. The number of para-hydroxylation sites is 1. The van der Waals surface area contributed by atoms with E-state index in [0.717, 1.165) is 31.7 Å². The average molecular weight is 370 g/mol. The summed E-state index contributed by atoms with van der Waals surface area (Å²) in [5.41, 5.74) is 1.50. The molecule has 3 aromatic rings. The Morgan fingerprint density at radius 1 is 1.38 bits per heavy atom. The normalized spacial score (nSPS) is 16.4. The van der Waals surface area contributed by atoms with Crippen LogP contribution in [0.3, 0.4) is 0 Å². The van der Waals surface area contributed by atoms with Gasteiger partial charge in [-0.25, -0.2) is 9.97 Å². The molecule has 2 aromatic heterocycles. The first-order valence-electron chi connectivity index (χ1n) is 8.70. The molecule has 1 amide bonds. The molecule has 1 unspecified atom stereocenters. The SMILES string of the molecule is CC[NH+]1CCc2nc(NC(=O)Cn3cnc4ccccc4c3=O)sc2C1. The molecule has 7 nitrogen and oxygen atoms in total. The van der Waals surface area contributed by atoms with Gasteiger partial charge in [0, 0.05) is 6.42 Å². The van der Waals surface area contributed by atoms with Gasteiger partial charge in [0.1, 0.15) is 13.1 Å². The second-order valence-electron chi connectivity index (χ2n) is 6.41. The van der Waals surface area contributed by atoms with E-state index in [9.17, 15) is 9.59 Å². The number of likely N-dealkylation sites (N-methyl/N-ethyl adjacent to an activating group) is 1. The zero-order valence-corrected chi connectivity index (χ0v) is 15.3. The van der Waals surface area contributed by atoms with Gasteiger partial charge in [-0.05, 0) is 19.1 Å². The quantitative estimate of drug-likeness (QED) is 0.699. The number of nitrogens with one attached hydrogen (secondary N) is 2. The third-order valence-corrected chi connectivity index (χ3v) is 5.71. The second kappa shape index (κ2) is 6.97. The molecule has 26 heavy (non-hydrogen) atoms. The Morgan fingerprint density at radius 2 is 2.23 bits per heavy atom. The highest BCUT2D eigenvalue weighted by atomic mass is 32.1. The number of carbonyl (C=O) groups is 1. The van der Waals surface area contributed by atoms with Crippen LogP contribution in [0.25, 0.3) is 10.9 Å². The molecule has 0 bridgehead atoms. The average Bonchev–Trinajstić information content (AvgIpc) is 3.05. The molecule has 0 spiro atoms. The summed E-state index contributed by atoms with van der Waals surface area (Å²) in [6, 6.07) is 7.12. The molecule has 0 aliphatic carbocycles. The number of benzene rings is 1. The fourth-order valence-electron chi connectivity index (χ4n) is 3.21. The van der Waals surface area contributed by atoms with Gasteiger partial charge >= 0.3 is 0 Å². The van der Waals surface area contributed by atoms with Crippen molar-refractivity contribution < 1.29 is 9.69 Å². The molecule has 0 saturated carbocycles. The van der Waals surface area contributed by atoms with Crippen molar-refractivity contribution in [3.8, 4) is 0 Å². The van der Waals surface area contributed by atoms with Crippen LogP contribution in [0.2, 0.25) is 0 Å². The summed E-state index contributed by atoms with van der Waals surface area (Å²) in [6.45, 7) is 5.25. The Balaban J connectivity index is 1.49. The Hall–Kier alpha value is -2.58. The van der Waals surface area contributed by atoms with Crippen LogP contribution in [-0.4, -0.2) is 33.5 Å². The van der Waals surface area contributed by atoms with Crippen molar-refractivity contribution in [2.45, 2.75) is 26.4 Å². The molecule has 1 aliphatic heterocycles. The van der Waals surface area contributed by atoms with Crippen LogP contribution in [0.5, 0.6) is 0 Å². The maximum atomic E-state index is 12.5. The van der Waals surface area contributed by atoms with E-state index in [1.807, 2.05) is 6.07 Å². The van der Waals surface area contributed by atoms with Crippen LogP contribution < -0.4 is 15.8 Å². The Bertz CT molecular complexity index is 1030. The summed E-state index contributed by atoms with van der Waals surface area (Å²) in [6.07, 6.45) is 2.36. The molecule has 8 heteroatoms. The van der Waals surface area contributed by atoms with E-state index in [2.05, 4.69) is 22.2 Å². The summed E-state index contributed by atoms with van der Waals surface area (Å²) >= 11 is 1.53. The van der Waals surface area contributed by atoms with E-state index in [1.165, 1.54) is 32.0 Å². The predicted molar refractivity (Wildman–Crippen MR) is 101 cm³/mol. The number of rotatable bonds is 4. The smallest absolute Gasteiger partial charge is 0.261 e. The number of quaternary nitrogens is 1. The molecule has 1 aromatic carbocycles. The van der Waals surface area contributed by atoms with Crippen LogP contribution in [0, 0.1) is 0 Å². The first kappa shape index (κ1) is 16.9. The van der Waals surface area contributed by atoms with Gasteiger partial charge in [-0.1, -0.05) is 23.5 Å². The summed E-state index contributed by atoms with van der Waals surface area (Å²) in [7, 11) is 0. The lowest BCUT2D eigenvalue weighted by molar-refractivity contribution is -0.913. The summed E-state index contributed by atoms with van der Waals surface area (Å²) in [4.78, 5) is 36.4. The standard InChI is InChI=1S/C18H19N5O2S/c1-2-22-8-7-14-15(9-22)26-18(20-14)21-16(24)10-23-11-19-13-6-4-3-5-12(13)17(23)25/h3-6,11H,2,7-10H2,1H3,(H,20,21,24)/p+1. The second-order valence-corrected chi connectivity index (χ2v) is 7.50. The van der Waals surface area contributed by atoms with Gasteiger partial charge in [0.25, 0.3) is 5.56 Å². The predicted octanol–water partition coefficient (Wildman–Crippen LogP) is 0.453. The monoisotopic (exact) mass is 370 g/mol. The Morgan fingerprint density at radius 3 is 3.08 bits per heavy atom. The molecule has 0 radical (unpaired) electrons. The molecule has 1 atom stereocenters. The van der Waals surface area contributed by atoms with Crippen molar-refractivity contribution in [3.63, 3.8) is 0 Å². The number of fused-ring (bicyclic) bond motifs is 2. The highest BCUT2D eigenvalue weighted by Crippen LogP contribution is 2.24. The topological polar surface area (TPSA) is 81.3 Å². The lowest BCUT2D eigenvalue weighted by atomic mass is 10.2. The van der Waals surface area contributed by atoms with Gasteiger partial charge in [-0.15, -0.1) is 0 Å². The Labute approximate surface area is 154 Å². The first-order valence-corrected chi connectivity index (χ1v) is 9.52. The van der Waals surface area contributed by atoms with Gasteiger partial charge in [0.05, 0.1) is 40.9 Å². The number of hydrogen-bond donors (Lipinski definition) is 2.